The van der Waals surface area contributed by atoms with Crippen LogP contribution in [0.1, 0.15) is 35.2 Å². The first-order valence-electron chi connectivity index (χ1n) is 11.1. The lowest BCUT2D eigenvalue weighted by Gasteiger charge is -2.43. The van der Waals surface area contributed by atoms with Crippen LogP contribution >= 0.6 is 0 Å². The van der Waals surface area contributed by atoms with Crippen molar-refractivity contribution in [1.29, 1.82) is 0 Å². The molecule has 4 rings (SSSR count). The Hall–Kier alpha value is -2.87. The van der Waals surface area contributed by atoms with Gasteiger partial charge in [-0.05, 0) is 24.5 Å². The predicted molar refractivity (Wildman–Crippen MR) is 118 cm³/mol. The molecule has 3 aliphatic rings. The van der Waals surface area contributed by atoms with Gasteiger partial charge in [0, 0.05) is 33.7 Å². The maximum atomic E-state index is 12.4. The summed E-state index contributed by atoms with van der Waals surface area (Å²) in [6.07, 6.45) is 0.139. The lowest BCUT2D eigenvalue weighted by molar-refractivity contribution is -0.255. The van der Waals surface area contributed by atoms with Crippen LogP contribution in [0.4, 0.5) is 0 Å². The van der Waals surface area contributed by atoms with Gasteiger partial charge in [0.15, 0.2) is 0 Å². The van der Waals surface area contributed by atoms with Crippen LogP contribution in [0, 0.1) is 0 Å². The highest BCUT2D eigenvalue weighted by atomic mass is 16.6. The van der Waals surface area contributed by atoms with Crippen LogP contribution in [-0.2, 0) is 9.59 Å². The van der Waals surface area contributed by atoms with Gasteiger partial charge < -0.3 is 45.3 Å². The molecular formula is C21H29BN4O8-2. The molecule has 1 saturated carbocycles. The number of nitrogens with two attached hydrogens (primary N) is 1. The van der Waals surface area contributed by atoms with Crippen molar-refractivity contribution in [2.75, 3.05) is 40.3 Å². The van der Waals surface area contributed by atoms with Crippen molar-refractivity contribution in [3.8, 4) is 11.5 Å². The summed E-state index contributed by atoms with van der Waals surface area (Å²) in [6.45, 7) is -0.743. The summed E-state index contributed by atoms with van der Waals surface area (Å²) < 4.78 is 11.1. The SMILES string of the molecule is CN(C)C(=O)CNC(=O)[C@](C)(N)CN1CC(Oc2ccc3c(c2C(=O)[O-])O[B-](O)(O)[C@H]2C[C@@H]32)C1. The van der Waals surface area contributed by atoms with E-state index in [1.807, 2.05) is 4.90 Å². The van der Waals surface area contributed by atoms with Crippen LogP contribution in [0.15, 0.2) is 12.1 Å². The van der Waals surface area contributed by atoms with Crippen LogP contribution < -0.4 is 25.5 Å². The van der Waals surface area contributed by atoms with Gasteiger partial charge in [0.2, 0.25) is 11.8 Å². The van der Waals surface area contributed by atoms with Gasteiger partial charge >= 0.3 is 6.75 Å². The summed E-state index contributed by atoms with van der Waals surface area (Å²) in [5, 5.41) is 34.6. The topological polar surface area (TPSA) is 178 Å². The average Bonchev–Trinajstić information content (AvgIpc) is 3.51. The van der Waals surface area contributed by atoms with Crippen LogP contribution in [0.2, 0.25) is 5.82 Å². The molecule has 2 heterocycles. The van der Waals surface area contributed by atoms with Crippen molar-refractivity contribution in [2.45, 2.75) is 36.7 Å². The molecule has 0 bridgehead atoms. The lowest BCUT2D eigenvalue weighted by Crippen LogP contribution is -2.64. The second-order valence-corrected chi connectivity index (χ2v) is 9.85. The average molecular weight is 476 g/mol. The molecule has 2 fully saturated rings. The molecule has 0 radical (unpaired) electrons. The summed E-state index contributed by atoms with van der Waals surface area (Å²) in [6, 6.07) is 3.21. The molecule has 0 unspecified atom stereocenters. The Morgan fingerprint density at radius 1 is 1.35 bits per heavy atom. The molecule has 0 aromatic heterocycles. The molecular weight excluding hydrogens is 447 g/mol. The number of hydrogen-bond acceptors (Lipinski definition) is 10. The molecule has 2 amide bonds. The lowest BCUT2D eigenvalue weighted by atomic mass is 9.68. The highest BCUT2D eigenvalue weighted by Crippen LogP contribution is 2.63. The molecule has 0 spiro atoms. The quantitative estimate of drug-likeness (QED) is 0.287. The molecule has 1 aromatic rings. The monoisotopic (exact) mass is 476 g/mol. The van der Waals surface area contributed by atoms with E-state index in [2.05, 4.69) is 5.32 Å². The van der Waals surface area contributed by atoms with Crippen molar-refractivity contribution in [3.05, 3.63) is 23.3 Å². The number of carboxylic acid groups (broad SMARTS) is 1. The third kappa shape index (κ3) is 4.56. The number of aromatic carboxylic acids is 1. The third-order valence-electron chi connectivity index (χ3n) is 6.63. The first kappa shape index (κ1) is 24.3. The van der Waals surface area contributed by atoms with Crippen LogP contribution in [0.5, 0.6) is 11.5 Å². The van der Waals surface area contributed by atoms with E-state index in [-0.39, 0.29) is 48.1 Å². The highest BCUT2D eigenvalue weighted by molar-refractivity contribution is 6.62. The molecule has 1 aliphatic carbocycles. The van der Waals surface area contributed by atoms with E-state index < -0.39 is 30.0 Å². The molecule has 186 valence electrons. The minimum absolute atomic E-state index is 0.0181. The number of nitrogens with one attached hydrogen (secondary N) is 1. The Bertz CT molecular complexity index is 1020. The molecule has 34 heavy (non-hydrogen) atoms. The van der Waals surface area contributed by atoms with Gasteiger partial charge in [0.25, 0.3) is 0 Å². The fraction of sp³-hybridized carbons (Fsp3) is 0.571. The maximum absolute atomic E-state index is 12.4. The summed E-state index contributed by atoms with van der Waals surface area (Å²) in [5.74, 6) is -2.94. The molecule has 2 aliphatic heterocycles. The van der Waals surface area contributed by atoms with Gasteiger partial charge in [-0.25, -0.2) is 0 Å². The normalized spacial score (nSPS) is 24.4. The van der Waals surface area contributed by atoms with Gasteiger partial charge in [0.1, 0.15) is 17.4 Å². The van der Waals surface area contributed by atoms with Crippen molar-refractivity contribution in [2.24, 2.45) is 5.73 Å². The number of nitrogens with zero attached hydrogens (tertiary/aromatic N) is 2. The van der Waals surface area contributed by atoms with E-state index in [9.17, 15) is 29.5 Å². The van der Waals surface area contributed by atoms with Gasteiger partial charge in [-0.2, -0.15) is 0 Å². The summed E-state index contributed by atoms with van der Waals surface area (Å²) in [4.78, 5) is 39.2. The first-order chi connectivity index (χ1) is 15.8. The number of benzene rings is 1. The molecule has 1 aromatic carbocycles. The largest absolute Gasteiger partial charge is 0.669 e. The van der Waals surface area contributed by atoms with E-state index in [1.165, 1.54) is 11.0 Å². The summed E-state index contributed by atoms with van der Waals surface area (Å²) >= 11 is 0. The Balaban J connectivity index is 1.36. The number of carboxylic acids is 1. The van der Waals surface area contributed by atoms with Crippen LogP contribution in [-0.4, -0.2) is 96.3 Å². The van der Waals surface area contributed by atoms with Crippen molar-refractivity contribution >= 4 is 24.5 Å². The smallest absolute Gasteiger partial charge is 0.434 e. The van der Waals surface area contributed by atoms with Gasteiger partial charge in [-0.1, -0.05) is 18.3 Å². The fourth-order valence-corrected chi connectivity index (χ4v) is 4.56. The van der Waals surface area contributed by atoms with Gasteiger partial charge in [-0.15, -0.1) is 0 Å². The fourth-order valence-electron chi connectivity index (χ4n) is 4.56. The van der Waals surface area contributed by atoms with E-state index in [0.29, 0.717) is 25.1 Å². The van der Waals surface area contributed by atoms with Crippen LogP contribution in [0.25, 0.3) is 0 Å². The number of ether oxygens (including phenoxy) is 1. The Kier molecular flexibility index (Phi) is 6.01. The predicted octanol–water partition coefficient (Wildman–Crippen LogP) is -2.79. The third-order valence-corrected chi connectivity index (χ3v) is 6.63. The second-order valence-electron chi connectivity index (χ2n) is 9.85. The summed E-state index contributed by atoms with van der Waals surface area (Å²) in [7, 11) is 3.18. The number of hydrogen-bond donors (Lipinski definition) is 4. The van der Waals surface area contributed by atoms with Gasteiger partial charge in [-0.3, -0.25) is 14.5 Å². The number of carbonyl (C=O) groups excluding carboxylic acids is 3. The molecule has 5 N–H and O–H groups in total. The number of likely N-dealkylation sites (tertiary alicyclic amines) is 1. The van der Waals surface area contributed by atoms with E-state index >= 15 is 0 Å². The minimum atomic E-state index is -3.14. The highest BCUT2D eigenvalue weighted by Gasteiger charge is 2.55. The number of likely N-dealkylation sites (N-methyl/N-ethyl adjacent to an activating group) is 1. The van der Waals surface area contributed by atoms with E-state index in [0.717, 1.165) is 0 Å². The Morgan fingerprint density at radius 3 is 2.65 bits per heavy atom. The zero-order valence-electron chi connectivity index (χ0n) is 19.3. The molecule has 1 saturated heterocycles. The van der Waals surface area contributed by atoms with Crippen molar-refractivity contribution in [3.63, 3.8) is 0 Å². The zero-order chi connectivity index (χ0) is 25.0. The van der Waals surface area contributed by atoms with Crippen LogP contribution in [0.3, 0.4) is 0 Å². The Morgan fingerprint density at radius 2 is 2.03 bits per heavy atom. The number of rotatable bonds is 8. The number of carbonyl (C=O) groups is 3. The standard InChI is InChI=1S/C21H30BN4O8/c1-21(23,20(30)24-7-16(27)25(2)3)10-26-8-11(9-26)33-15-5-4-12-13-6-14(13)22(31,32)34-18(12)17(15)19(28)29/h4-5,11,13-14,31-32H,6-10,23H2,1-3H3,(H,24,30)(H,28,29)/q-1/p-1/t13-,14-,21+/m0/s1. The zero-order valence-corrected chi connectivity index (χ0v) is 19.3. The molecule has 13 heteroatoms. The van der Waals surface area contributed by atoms with E-state index in [4.69, 9.17) is 15.1 Å². The first-order valence-corrected chi connectivity index (χ1v) is 11.1. The van der Waals surface area contributed by atoms with E-state index in [1.54, 1.807) is 27.1 Å². The second kappa shape index (κ2) is 8.41. The maximum Gasteiger partial charge on any atom is 0.434 e. The Labute approximate surface area is 196 Å². The van der Waals surface area contributed by atoms with Crippen molar-refractivity contribution in [1.82, 2.24) is 15.1 Å². The molecule has 12 nitrogen and oxygen atoms in total. The number of amides is 2. The minimum Gasteiger partial charge on any atom is -0.669 e. The van der Waals surface area contributed by atoms with Crippen molar-refractivity contribution < 1.29 is 38.9 Å². The molecule has 3 atom stereocenters. The summed E-state index contributed by atoms with van der Waals surface area (Å²) in [5.41, 5.74) is 5.16. The van der Waals surface area contributed by atoms with Gasteiger partial charge in [0.05, 0.1) is 23.8 Å². The number of fused-ring (bicyclic) bond motifs is 3.